The Bertz CT molecular complexity index is 195. The van der Waals surface area contributed by atoms with Gasteiger partial charge in [-0.1, -0.05) is 12.8 Å². The Kier molecular flexibility index (Phi) is 3.68. The average Bonchev–Trinajstić information content (AvgIpc) is 2.58. The first-order valence-electron chi connectivity index (χ1n) is 6.70. The normalized spacial score (nSPS) is 43.4. The predicted molar refractivity (Wildman–Crippen MR) is 64.8 cm³/mol. The van der Waals surface area contributed by atoms with E-state index in [0.717, 1.165) is 18.0 Å². The van der Waals surface area contributed by atoms with Crippen molar-refractivity contribution in [2.24, 2.45) is 11.7 Å². The maximum atomic E-state index is 6.16. The number of likely N-dealkylation sites (tertiary alicyclic amines) is 1. The van der Waals surface area contributed by atoms with Crippen LogP contribution in [0.5, 0.6) is 0 Å². The minimum atomic E-state index is 0.478. The van der Waals surface area contributed by atoms with E-state index in [1.165, 1.54) is 45.1 Å². The molecule has 2 fully saturated rings. The fourth-order valence-corrected chi connectivity index (χ4v) is 3.40. The lowest BCUT2D eigenvalue weighted by Crippen LogP contribution is -2.47. The van der Waals surface area contributed by atoms with E-state index in [1.807, 2.05) is 0 Å². The molecular formula is C13H26N2. The zero-order valence-corrected chi connectivity index (χ0v) is 10.3. The van der Waals surface area contributed by atoms with Crippen molar-refractivity contribution in [2.75, 3.05) is 6.54 Å². The van der Waals surface area contributed by atoms with E-state index in [9.17, 15) is 0 Å². The van der Waals surface area contributed by atoms with Crippen molar-refractivity contribution < 1.29 is 0 Å². The summed E-state index contributed by atoms with van der Waals surface area (Å²) in [6.07, 6.45) is 8.13. The van der Waals surface area contributed by atoms with Crippen LogP contribution in [-0.2, 0) is 0 Å². The maximum Gasteiger partial charge on any atom is 0.00793 e. The fraction of sp³-hybridized carbons (Fsp3) is 1.00. The third kappa shape index (κ3) is 2.54. The van der Waals surface area contributed by atoms with Gasteiger partial charge in [0.2, 0.25) is 0 Å². The Balaban J connectivity index is 1.90. The van der Waals surface area contributed by atoms with Crippen molar-refractivity contribution >= 4 is 0 Å². The van der Waals surface area contributed by atoms with E-state index in [1.54, 1.807) is 0 Å². The molecule has 1 heterocycles. The monoisotopic (exact) mass is 210 g/mol. The van der Waals surface area contributed by atoms with Crippen LogP contribution in [0.3, 0.4) is 0 Å². The quantitative estimate of drug-likeness (QED) is 0.758. The molecule has 2 heteroatoms. The Morgan fingerprint density at radius 1 is 1.00 bits per heavy atom. The Hall–Kier alpha value is -0.0800. The summed E-state index contributed by atoms with van der Waals surface area (Å²) in [5.41, 5.74) is 6.16. The van der Waals surface area contributed by atoms with Crippen molar-refractivity contribution in [3.05, 3.63) is 0 Å². The van der Waals surface area contributed by atoms with Gasteiger partial charge in [-0.25, -0.2) is 0 Å². The number of rotatable bonds is 2. The number of piperidine rings is 1. The van der Waals surface area contributed by atoms with Crippen molar-refractivity contribution in [3.63, 3.8) is 0 Å². The minimum absolute atomic E-state index is 0.478. The van der Waals surface area contributed by atoms with Crippen LogP contribution in [0, 0.1) is 5.92 Å². The van der Waals surface area contributed by atoms with Gasteiger partial charge < -0.3 is 5.73 Å². The summed E-state index contributed by atoms with van der Waals surface area (Å²) in [5.74, 6) is 0.771. The van der Waals surface area contributed by atoms with E-state index in [4.69, 9.17) is 5.73 Å². The van der Waals surface area contributed by atoms with E-state index < -0.39 is 0 Å². The molecule has 2 rings (SSSR count). The van der Waals surface area contributed by atoms with Crippen molar-refractivity contribution in [1.29, 1.82) is 0 Å². The molecule has 4 unspecified atom stereocenters. The molecule has 1 aliphatic heterocycles. The minimum Gasteiger partial charge on any atom is -0.327 e. The van der Waals surface area contributed by atoms with E-state index >= 15 is 0 Å². The first kappa shape index (κ1) is 11.4. The molecule has 0 bridgehead atoms. The molecule has 0 aromatic carbocycles. The lowest BCUT2D eigenvalue weighted by molar-refractivity contribution is 0.0821. The number of hydrogen-bond donors (Lipinski definition) is 1. The van der Waals surface area contributed by atoms with Crippen LogP contribution in [0.2, 0.25) is 0 Å². The summed E-state index contributed by atoms with van der Waals surface area (Å²) in [6, 6.07) is 2.04. The molecule has 1 saturated carbocycles. The van der Waals surface area contributed by atoms with E-state index in [-0.39, 0.29) is 0 Å². The van der Waals surface area contributed by atoms with Gasteiger partial charge in [0.05, 0.1) is 0 Å². The zero-order valence-electron chi connectivity index (χ0n) is 10.3. The van der Waals surface area contributed by atoms with Gasteiger partial charge in [-0.15, -0.1) is 0 Å². The van der Waals surface area contributed by atoms with Gasteiger partial charge >= 0.3 is 0 Å². The zero-order chi connectivity index (χ0) is 10.8. The van der Waals surface area contributed by atoms with Gasteiger partial charge in [0.15, 0.2) is 0 Å². The van der Waals surface area contributed by atoms with Crippen LogP contribution in [0.15, 0.2) is 0 Å². The van der Waals surface area contributed by atoms with Gasteiger partial charge in [0.25, 0.3) is 0 Å². The summed E-state index contributed by atoms with van der Waals surface area (Å²) < 4.78 is 0. The summed E-state index contributed by atoms with van der Waals surface area (Å²) in [7, 11) is 0. The van der Waals surface area contributed by atoms with Gasteiger partial charge in [-0.2, -0.15) is 0 Å². The third-order valence-electron chi connectivity index (χ3n) is 4.54. The SMILES string of the molecule is CC1CCCC(C)N1CC1CCCC1N. The molecule has 88 valence electrons. The Morgan fingerprint density at radius 3 is 2.13 bits per heavy atom. The van der Waals surface area contributed by atoms with Crippen LogP contribution in [-0.4, -0.2) is 29.6 Å². The van der Waals surface area contributed by atoms with Crippen LogP contribution >= 0.6 is 0 Å². The molecule has 0 aromatic rings. The molecular weight excluding hydrogens is 184 g/mol. The van der Waals surface area contributed by atoms with Gasteiger partial charge in [0.1, 0.15) is 0 Å². The molecule has 1 saturated heterocycles. The molecule has 0 aromatic heterocycles. The third-order valence-corrected chi connectivity index (χ3v) is 4.54. The molecule has 2 nitrogen and oxygen atoms in total. The molecule has 0 spiro atoms. The predicted octanol–water partition coefficient (Wildman–Crippen LogP) is 2.38. The summed E-state index contributed by atoms with van der Waals surface area (Å²) in [5, 5.41) is 0. The van der Waals surface area contributed by atoms with Crippen LogP contribution < -0.4 is 5.73 Å². The first-order valence-corrected chi connectivity index (χ1v) is 6.70. The topological polar surface area (TPSA) is 29.3 Å². The Morgan fingerprint density at radius 2 is 1.60 bits per heavy atom. The number of hydrogen-bond acceptors (Lipinski definition) is 2. The second-order valence-corrected chi connectivity index (χ2v) is 5.68. The fourth-order valence-electron chi connectivity index (χ4n) is 3.40. The standard InChI is InChI=1S/C13H26N2/c1-10-5-3-6-11(2)15(10)9-12-7-4-8-13(12)14/h10-13H,3-9,14H2,1-2H3. The van der Waals surface area contributed by atoms with E-state index in [0.29, 0.717) is 6.04 Å². The molecule has 1 aliphatic carbocycles. The second kappa shape index (κ2) is 4.84. The summed E-state index contributed by atoms with van der Waals surface area (Å²) in [4.78, 5) is 2.71. The highest BCUT2D eigenvalue weighted by Gasteiger charge is 2.31. The van der Waals surface area contributed by atoms with Crippen molar-refractivity contribution in [1.82, 2.24) is 4.90 Å². The molecule has 15 heavy (non-hydrogen) atoms. The molecule has 2 aliphatic rings. The molecule has 4 atom stereocenters. The molecule has 0 amide bonds. The van der Waals surface area contributed by atoms with E-state index in [2.05, 4.69) is 18.7 Å². The van der Waals surface area contributed by atoms with Crippen molar-refractivity contribution in [3.8, 4) is 0 Å². The number of nitrogens with zero attached hydrogens (tertiary/aromatic N) is 1. The van der Waals surface area contributed by atoms with Crippen LogP contribution in [0.4, 0.5) is 0 Å². The maximum absolute atomic E-state index is 6.16. The van der Waals surface area contributed by atoms with Gasteiger partial charge in [-0.3, -0.25) is 4.90 Å². The largest absolute Gasteiger partial charge is 0.327 e. The van der Waals surface area contributed by atoms with Crippen molar-refractivity contribution in [2.45, 2.75) is 70.5 Å². The average molecular weight is 210 g/mol. The highest BCUT2D eigenvalue weighted by atomic mass is 15.2. The molecule has 2 N–H and O–H groups in total. The first-order chi connectivity index (χ1) is 7.18. The number of nitrogens with two attached hydrogens (primary N) is 1. The second-order valence-electron chi connectivity index (χ2n) is 5.68. The summed E-state index contributed by atoms with van der Waals surface area (Å²) in [6.45, 7) is 6.02. The smallest absolute Gasteiger partial charge is 0.00793 e. The highest BCUT2D eigenvalue weighted by Crippen LogP contribution is 2.29. The lowest BCUT2D eigenvalue weighted by Gasteiger charge is -2.41. The summed E-state index contributed by atoms with van der Waals surface area (Å²) >= 11 is 0. The lowest BCUT2D eigenvalue weighted by atomic mass is 9.94. The van der Waals surface area contributed by atoms with Crippen LogP contribution in [0.25, 0.3) is 0 Å². The van der Waals surface area contributed by atoms with Crippen LogP contribution in [0.1, 0.15) is 52.4 Å². The molecule has 0 radical (unpaired) electrons. The van der Waals surface area contributed by atoms with Gasteiger partial charge in [-0.05, 0) is 45.4 Å². The Labute approximate surface area is 94.2 Å². The van der Waals surface area contributed by atoms with Gasteiger partial charge in [0, 0.05) is 24.7 Å². The highest BCUT2D eigenvalue weighted by molar-refractivity contribution is 4.87.